The molecule has 4 rings (SSSR count). The second-order valence-electron chi connectivity index (χ2n) is 6.80. The third-order valence-corrected chi connectivity index (χ3v) is 6.01. The van der Waals surface area contributed by atoms with Crippen LogP contribution in [0.15, 0.2) is 18.3 Å². The van der Waals surface area contributed by atoms with Crippen LogP contribution in [0.1, 0.15) is 43.1 Å². The molecule has 6 nitrogen and oxygen atoms in total. The minimum Gasteiger partial charge on any atom is -0.347 e. The number of hydrogen-bond donors (Lipinski definition) is 0. The van der Waals surface area contributed by atoms with Gasteiger partial charge in [0.1, 0.15) is 5.69 Å². The highest BCUT2D eigenvalue weighted by Crippen LogP contribution is 2.28. The van der Waals surface area contributed by atoms with Gasteiger partial charge in [0.2, 0.25) is 10.3 Å². The SMILES string of the molecule is CC1CCN(C(=O)c2cccn2-c2nnc(N3CCCC3)s2)CC1. The lowest BCUT2D eigenvalue weighted by Gasteiger charge is -2.30. The number of hydrogen-bond acceptors (Lipinski definition) is 5. The van der Waals surface area contributed by atoms with Crippen molar-refractivity contribution in [3.8, 4) is 5.13 Å². The number of carbonyl (C=O) groups excluding carboxylic acids is 1. The number of rotatable bonds is 3. The zero-order valence-corrected chi connectivity index (χ0v) is 14.8. The summed E-state index contributed by atoms with van der Waals surface area (Å²) in [6.45, 7) is 6.06. The molecule has 4 heterocycles. The van der Waals surface area contributed by atoms with Gasteiger partial charge in [0.25, 0.3) is 5.91 Å². The molecular weight excluding hydrogens is 322 g/mol. The molecule has 2 saturated heterocycles. The second-order valence-corrected chi connectivity index (χ2v) is 7.73. The van der Waals surface area contributed by atoms with Gasteiger partial charge in [-0.25, -0.2) is 0 Å². The molecule has 0 saturated carbocycles. The van der Waals surface area contributed by atoms with E-state index in [9.17, 15) is 4.79 Å². The molecule has 0 atom stereocenters. The van der Waals surface area contributed by atoms with Gasteiger partial charge in [-0.15, -0.1) is 10.2 Å². The molecule has 0 radical (unpaired) electrons. The lowest BCUT2D eigenvalue weighted by molar-refractivity contribution is 0.0689. The van der Waals surface area contributed by atoms with Crippen LogP contribution in [0.3, 0.4) is 0 Å². The van der Waals surface area contributed by atoms with Crippen LogP contribution in [-0.2, 0) is 0 Å². The minimum absolute atomic E-state index is 0.102. The van der Waals surface area contributed by atoms with Gasteiger partial charge >= 0.3 is 0 Å². The Morgan fingerprint density at radius 3 is 2.58 bits per heavy atom. The molecule has 0 spiro atoms. The van der Waals surface area contributed by atoms with Crippen LogP contribution in [-0.4, -0.2) is 51.8 Å². The van der Waals surface area contributed by atoms with E-state index in [1.54, 1.807) is 11.3 Å². The van der Waals surface area contributed by atoms with E-state index >= 15 is 0 Å². The lowest BCUT2D eigenvalue weighted by atomic mass is 9.99. The van der Waals surface area contributed by atoms with Crippen LogP contribution in [0.25, 0.3) is 5.13 Å². The molecule has 1 amide bonds. The van der Waals surface area contributed by atoms with Crippen LogP contribution >= 0.6 is 11.3 Å². The highest BCUT2D eigenvalue weighted by molar-refractivity contribution is 7.17. The average molecular weight is 345 g/mol. The van der Waals surface area contributed by atoms with Crippen molar-refractivity contribution in [2.75, 3.05) is 31.1 Å². The highest BCUT2D eigenvalue weighted by Gasteiger charge is 2.25. The summed E-state index contributed by atoms with van der Waals surface area (Å²) in [6.07, 6.45) is 6.52. The Hall–Kier alpha value is -1.89. The average Bonchev–Trinajstić information content (AvgIpc) is 3.33. The molecule has 0 unspecified atom stereocenters. The number of aromatic nitrogens is 3. The fraction of sp³-hybridized carbons (Fsp3) is 0.588. The summed E-state index contributed by atoms with van der Waals surface area (Å²) in [4.78, 5) is 17.1. The van der Waals surface area contributed by atoms with Gasteiger partial charge in [0.05, 0.1) is 0 Å². The second kappa shape index (κ2) is 6.55. The normalized spacial score (nSPS) is 19.2. The first-order valence-electron chi connectivity index (χ1n) is 8.78. The molecule has 2 aromatic rings. The van der Waals surface area contributed by atoms with E-state index in [1.165, 1.54) is 12.8 Å². The zero-order chi connectivity index (χ0) is 16.5. The van der Waals surface area contributed by atoms with E-state index in [4.69, 9.17) is 0 Å². The summed E-state index contributed by atoms with van der Waals surface area (Å²) in [5.74, 6) is 0.817. The van der Waals surface area contributed by atoms with E-state index in [2.05, 4.69) is 22.0 Å². The van der Waals surface area contributed by atoms with Gasteiger partial charge in [0.15, 0.2) is 0 Å². The molecule has 24 heavy (non-hydrogen) atoms. The van der Waals surface area contributed by atoms with E-state index in [1.807, 2.05) is 27.8 Å². The number of nitrogens with zero attached hydrogens (tertiary/aromatic N) is 5. The van der Waals surface area contributed by atoms with E-state index in [0.717, 1.165) is 49.3 Å². The van der Waals surface area contributed by atoms with Gasteiger partial charge in [-0.1, -0.05) is 18.3 Å². The quantitative estimate of drug-likeness (QED) is 0.858. The van der Waals surface area contributed by atoms with Gasteiger partial charge in [-0.05, 0) is 43.7 Å². The molecule has 2 aliphatic rings. The lowest BCUT2D eigenvalue weighted by Crippen LogP contribution is -2.38. The minimum atomic E-state index is 0.102. The topological polar surface area (TPSA) is 54.3 Å². The summed E-state index contributed by atoms with van der Waals surface area (Å²) < 4.78 is 1.89. The van der Waals surface area contributed by atoms with Crippen LogP contribution in [0.4, 0.5) is 5.13 Å². The number of anilines is 1. The summed E-state index contributed by atoms with van der Waals surface area (Å²) in [5, 5.41) is 10.4. The van der Waals surface area contributed by atoms with E-state index in [-0.39, 0.29) is 5.91 Å². The first-order valence-corrected chi connectivity index (χ1v) is 9.59. The summed E-state index contributed by atoms with van der Waals surface area (Å²) in [5.41, 5.74) is 0.689. The first kappa shape index (κ1) is 15.6. The molecule has 0 aromatic carbocycles. The van der Waals surface area contributed by atoms with Crippen molar-refractivity contribution >= 4 is 22.4 Å². The zero-order valence-electron chi connectivity index (χ0n) is 14.0. The largest absolute Gasteiger partial charge is 0.347 e. The Balaban J connectivity index is 1.55. The fourth-order valence-electron chi connectivity index (χ4n) is 3.44. The van der Waals surface area contributed by atoms with Crippen LogP contribution in [0.5, 0.6) is 0 Å². The molecule has 2 fully saturated rings. The van der Waals surface area contributed by atoms with Crippen LogP contribution < -0.4 is 4.90 Å². The van der Waals surface area contributed by atoms with Crippen molar-refractivity contribution in [3.63, 3.8) is 0 Å². The Morgan fingerprint density at radius 2 is 1.83 bits per heavy atom. The monoisotopic (exact) mass is 345 g/mol. The Kier molecular flexibility index (Phi) is 4.26. The smallest absolute Gasteiger partial charge is 0.270 e. The summed E-state index contributed by atoms with van der Waals surface area (Å²) in [7, 11) is 0. The maximum absolute atomic E-state index is 12.9. The van der Waals surface area contributed by atoms with Crippen molar-refractivity contribution in [2.45, 2.75) is 32.6 Å². The Bertz CT molecular complexity index is 710. The van der Waals surface area contributed by atoms with Crippen LogP contribution in [0, 0.1) is 5.92 Å². The Morgan fingerprint density at radius 1 is 1.12 bits per heavy atom. The number of amides is 1. The number of carbonyl (C=O) groups is 1. The van der Waals surface area contributed by atoms with Crippen molar-refractivity contribution in [3.05, 3.63) is 24.0 Å². The van der Waals surface area contributed by atoms with Crippen molar-refractivity contribution in [2.24, 2.45) is 5.92 Å². The van der Waals surface area contributed by atoms with Gasteiger partial charge in [-0.3, -0.25) is 9.36 Å². The summed E-state index contributed by atoms with van der Waals surface area (Å²) >= 11 is 1.56. The van der Waals surface area contributed by atoms with Crippen molar-refractivity contribution in [1.82, 2.24) is 19.7 Å². The highest BCUT2D eigenvalue weighted by atomic mass is 32.1. The third-order valence-electron chi connectivity index (χ3n) is 5.03. The molecular formula is C17H23N5OS. The van der Waals surface area contributed by atoms with E-state index < -0.39 is 0 Å². The van der Waals surface area contributed by atoms with Crippen LogP contribution in [0.2, 0.25) is 0 Å². The standard InChI is InChI=1S/C17H23N5OS/c1-13-6-11-20(12-7-13)15(23)14-5-4-10-22(14)17-19-18-16(24-17)21-8-2-3-9-21/h4-5,10,13H,2-3,6-9,11-12H2,1H3. The summed E-state index contributed by atoms with van der Waals surface area (Å²) in [6, 6.07) is 3.80. The fourth-order valence-corrected chi connectivity index (χ4v) is 4.33. The maximum atomic E-state index is 12.9. The van der Waals surface area contributed by atoms with Gasteiger partial charge < -0.3 is 9.80 Å². The van der Waals surface area contributed by atoms with Gasteiger partial charge in [-0.2, -0.15) is 0 Å². The molecule has 7 heteroatoms. The van der Waals surface area contributed by atoms with Crippen molar-refractivity contribution in [1.29, 1.82) is 0 Å². The maximum Gasteiger partial charge on any atom is 0.270 e. The molecule has 2 aliphatic heterocycles. The molecule has 0 N–H and O–H groups in total. The number of likely N-dealkylation sites (tertiary alicyclic amines) is 1. The molecule has 0 bridgehead atoms. The van der Waals surface area contributed by atoms with E-state index in [0.29, 0.717) is 11.6 Å². The molecule has 2 aromatic heterocycles. The third kappa shape index (κ3) is 2.92. The predicted molar refractivity (Wildman–Crippen MR) is 95.0 cm³/mol. The first-order chi connectivity index (χ1) is 11.7. The molecule has 0 aliphatic carbocycles. The van der Waals surface area contributed by atoms with Gasteiger partial charge in [0, 0.05) is 32.4 Å². The molecule has 128 valence electrons. The number of piperidine rings is 1. The predicted octanol–water partition coefficient (Wildman–Crippen LogP) is 2.80. The Labute approximate surface area is 146 Å². The van der Waals surface area contributed by atoms with Crippen molar-refractivity contribution < 1.29 is 4.79 Å².